The number of carbonyl (C=O) groups excluding carboxylic acids is 1. The summed E-state index contributed by atoms with van der Waals surface area (Å²) >= 11 is 0. The van der Waals surface area contributed by atoms with Gasteiger partial charge >= 0.3 is 6.09 Å². The van der Waals surface area contributed by atoms with Crippen molar-refractivity contribution >= 4 is 11.8 Å². The lowest BCUT2D eigenvalue weighted by Gasteiger charge is -2.18. The van der Waals surface area contributed by atoms with Crippen molar-refractivity contribution in [1.29, 1.82) is 0 Å². The number of nitrogens with zero attached hydrogens (tertiary/aromatic N) is 2. The van der Waals surface area contributed by atoms with Crippen molar-refractivity contribution in [2.24, 2.45) is 0 Å². The summed E-state index contributed by atoms with van der Waals surface area (Å²) in [5.41, 5.74) is 1.75. The molecule has 0 radical (unpaired) electrons. The Balaban J connectivity index is 1.75. The molecule has 2 aromatic carbocycles. The molecule has 1 aliphatic heterocycles. The zero-order chi connectivity index (χ0) is 16.9. The average molecular weight is 326 g/mol. The highest BCUT2D eigenvalue weighted by Crippen LogP contribution is 2.35. The molecule has 24 heavy (non-hydrogen) atoms. The lowest BCUT2D eigenvalue weighted by Crippen LogP contribution is -2.25. The third-order valence-electron chi connectivity index (χ3n) is 3.94. The van der Waals surface area contributed by atoms with E-state index in [2.05, 4.69) is 4.90 Å². The van der Waals surface area contributed by atoms with Gasteiger partial charge in [-0.05, 0) is 31.8 Å². The van der Waals surface area contributed by atoms with Crippen LogP contribution in [-0.4, -0.2) is 44.8 Å². The third-order valence-corrected chi connectivity index (χ3v) is 3.94. The number of hydrogen-bond donors (Lipinski definition) is 0. The second kappa shape index (κ2) is 7.36. The number of rotatable bonds is 6. The van der Waals surface area contributed by atoms with Gasteiger partial charge in [0, 0.05) is 6.54 Å². The maximum Gasteiger partial charge on any atom is 0.415 e. The first-order valence-electron chi connectivity index (χ1n) is 8.05. The van der Waals surface area contributed by atoms with Crippen molar-refractivity contribution in [1.82, 2.24) is 4.90 Å². The Labute approximate surface area is 142 Å². The summed E-state index contributed by atoms with van der Waals surface area (Å²) < 4.78 is 11.4. The standard InChI is InChI=1S/C19H22N2O3/c1-20(2)12-13-23-17-11-7-6-10-16(17)21-14-18(24-19(21)22)15-8-4-3-5-9-15/h3-11,18H,12-14H2,1-2H3. The Morgan fingerprint density at radius 1 is 1.12 bits per heavy atom. The summed E-state index contributed by atoms with van der Waals surface area (Å²) in [6, 6.07) is 17.4. The molecule has 0 aliphatic carbocycles. The van der Waals surface area contributed by atoms with Crippen LogP contribution in [0.15, 0.2) is 54.6 Å². The van der Waals surface area contributed by atoms with E-state index >= 15 is 0 Å². The third kappa shape index (κ3) is 3.68. The van der Waals surface area contributed by atoms with E-state index in [0.29, 0.717) is 18.9 Å². The highest BCUT2D eigenvalue weighted by Gasteiger charge is 2.34. The number of hydrogen-bond acceptors (Lipinski definition) is 4. The van der Waals surface area contributed by atoms with E-state index in [-0.39, 0.29) is 12.2 Å². The van der Waals surface area contributed by atoms with Crippen LogP contribution in [0.3, 0.4) is 0 Å². The van der Waals surface area contributed by atoms with Gasteiger partial charge in [-0.15, -0.1) is 0 Å². The molecule has 1 saturated heterocycles. The molecule has 2 aromatic rings. The van der Waals surface area contributed by atoms with Gasteiger partial charge in [-0.1, -0.05) is 42.5 Å². The normalized spacial score (nSPS) is 17.2. The van der Waals surface area contributed by atoms with E-state index < -0.39 is 0 Å². The minimum atomic E-state index is -0.340. The second-order valence-electron chi connectivity index (χ2n) is 6.01. The van der Waals surface area contributed by atoms with Gasteiger partial charge in [0.15, 0.2) is 0 Å². The Morgan fingerprint density at radius 3 is 2.58 bits per heavy atom. The molecule has 3 rings (SSSR count). The van der Waals surface area contributed by atoms with Gasteiger partial charge in [0.1, 0.15) is 18.5 Å². The summed E-state index contributed by atoms with van der Waals surface area (Å²) in [4.78, 5) is 16.0. The molecule has 1 amide bonds. The minimum Gasteiger partial charge on any atom is -0.490 e. The van der Waals surface area contributed by atoms with Crippen LogP contribution in [0.4, 0.5) is 10.5 Å². The van der Waals surface area contributed by atoms with Crippen LogP contribution in [0.1, 0.15) is 11.7 Å². The van der Waals surface area contributed by atoms with Crippen LogP contribution in [0.2, 0.25) is 0 Å². The molecule has 1 unspecified atom stereocenters. The van der Waals surface area contributed by atoms with E-state index in [1.807, 2.05) is 68.7 Å². The van der Waals surface area contributed by atoms with Gasteiger partial charge in [-0.3, -0.25) is 4.90 Å². The van der Waals surface area contributed by atoms with Crippen LogP contribution in [0, 0.1) is 0 Å². The number of amides is 1. The maximum absolute atomic E-state index is 12.3. The van der Waals surface area contributed by atoms with Crippen molar-refractivity contribution in [2.45, 2.75) is 6.10 Å². The molecule has 0 aromatic heterocycles. The van der Waals surface area contributed by atoms with Gasteiger partial charge in [-0.25, -0.2) is 4.79 Å². The van der Waals surface area contributed by atoms with Crippen molar-refractivity contribution in [3.63, 3.8) is 0 Å². The number of likely N-dealkylation sites (N-methyl/N-ethyl adjacent to an activating group) is 1. The van der Waals surface area contributed by atoms with Gasteiger partial charge in [-0.2, -0.15) is 0 Å². The van der Waals surface area contributed by atoms with Gasteiger partial charge in [0.25, 0.3) is 0 Å². The van der Waals surface area contributed by atoms with Crippen LogP contribution >= 0.6 is 0 Å². The summed E-state index contributed by atoms with van der Waals surface area (Å²) in [6.45, 7) is 1.86. The van der Waals surface area contributed by atoms with Crippen LogP contribution in [-0.2, 0) is 4.74 Å². The van der Waals surface area contributed by atoms with Gasteiger partial charge in [0.05, 0.1) is 12.2 Å². The molecule has 1 atom stereocenters. The lowest BCUT2D eigenvalue weighted by molar-refractivity contribution is 0.142. The predicted octanol–water partition coefficient (Wildman–Crippen LogP) is 3.32. The van der Waals surface area contributed by atoms with E-state index in [4.69, 9.17) is 9.47 Å². The molecule has 1 fully saturated rings. The fourth-order valence-electron chi connectivity index (χ4n) is 2.64. The quantitative estimate of drug-likeness (QED) is 0.816. The van der Waals surface area contributed by atoms with E-state index in [1.54, 1.807) is 4.90 Å². The molecule has 0 spiro atoms. The van der Waals surface area contributed by atoms with Crippen molar-refractivity contribution < 1.29 is 14.3 Å². The number of carbonyl (C=O) groups is 1. The number of para-hydroxylation sites is 2. The summed E-state index contributed by atoms with van der Waals surface area (Å²) in [5, 5.41) is 0. The van der Waals surface area contributed by atoms with Crippen LogP contribution in [0.25, 0.3) is 0 Å². The van der Waals surface area contributed by atoms with Crippen molar-refractivity contribution in [3.8, 4) is 5.75 Å². The van der Waals surface area contributed by atoms with E-state index in [1.165, 1.54) is 0 Å². The molecule has 1 aliphatic rings. The maximum atomic E-state index is 12.3. The monoisotopic (exact) mass is 326 g/mol. The SMILES string of the molecule is CN(C)CCOc1ccccc1N1CC(c2ccccc2)OC1=O. The summed E-state index contributed by atoms with van der Waals surface area (Å²) in [7, 11) is 4.00. The Morgan fingerprint density at radius 2 is 1.83 bits per heavy atom. The van der Waals surface area contributed by atoms with Gasteiger partial charge in [0.2, 0.25) is 0 Å². The minimum absolute atomic E-state index is 0.256. The molecule has 5 nitrogen and oxygen atoms in total. The molecule has 0 N–H and O–H groups in total. The average Bonchev–Trinajstić information content (AvgIpc) is 2.97. The van der Waals surface area contributed by atoms with E-state index in [0.717, 1.165) is 17.8 Å². The second-order valence-corrected chi connectivity index (χ2v) is 6.01. The Hall–Kier alpha value is -2.53. The van der Waals surface area contributed by atoms with Crippen molar-refractivity contribution in [2.75, 3.05) is 38.7 Å². The molecule has 0 saturated carbocycles. The first-order valence-corrected chi connectivity index (χ1v) is 8.05. The highest BCUT2D eigenvalue weighted by atomic mass is 16.6. The lowest BCUT2D eigenvalue weighted by atomic mass is 10.1. The smallest absolute Gasteiger partial charge is 0.415 e. The molecular weight excluding hydrogens is 304 g/mol. The van der Waals surface area contributed by atoms with E-state index in [9.17, 15) is 4.79 Å². The van der Waals surface area contributed by atoms with Crippen LogP contribution in [0.5, 0.6) is 5.75 Å². The number of cyclic esters (lactones) is 1. The molecule has 0 bridgehead atoms. The molecule has 5 heteroatoms. The first kappa shape index (κ1) is 16.3. The molecule has 1 heterocycles. The Bertz CT molecular complexity index is 688. The first-order chi connectivity index (χ1) is 11.6. The number of ether oxygens (including phenoxy) is 2. The molecule has 126 valence electrons. The van der Waals surface area contributed by atoms with Crippen LogP contribution < -0.4 is 9.64 Å². The number of anilines is 1. The fraction of sp³-hybridized carbons (Fsp3) is 0.316. The fourth-order valence-corrected chi connectivity index (χ4v) is 2.64. The predicted molar refractivity (Wildman–Crippen MR) is 93.5 cm³/mol. The number of benzene rings is 2. The largest absolute Gasteiger partial charge is 0.490 e. The summed E-state index contributed by atoms with van der Waals surface area (Å²) in [5.74, 6) is 0.699. The Kier molecular flexibility index (Phi) is 5.01. The zero-order valence-electron chi connectivity index (χ0n) is 14.0. The highest BCUT2D eigenvalue weighted by molar-refractivity contribution is 5.91. The topological polar surface area (TPSA) is 42.0 Å². The zero-order valence-corrected chi connectivity index (χ0v) is 14.0. The summed E-state index contributed by atoms with van der Waals surface area (Å²) in [6.07, 6.45) is -0.596. The van der Waals surface area contributed by atoms with Crippen molar-refractivity contribution in [3.05, 3.63) is 60.2 Å². The van der Waals surface area contributed by atoms with Gasteiger partial charge < -0.3 is 14.4 Å². The molecular formula is C19H22N2O3.